The Labute approximate surface area is 87.1 Å². The van der Waals surface area contributed by atoms with Gasteiger partial charge in [-0.3, -0.25) is 0 Å². The number of aliphatic hydroxyl groups is 2. The molecule has 0 bridgehead atoms. The first-order valence-electron chi connectivity index (χ1n) is 5.31. The number of rotatable bonds is 8. The van der Waals surface area contributed by atoms with Crippen molar-refractivity contribution in [3.8, 4) is 0 Å². The average molecular weight is 207 g/mol. The summed E-state index contributed by atoms with van der Waals surface area (Å²) in [5.74, 6) is 0. The summed E-state index contributed by atoms with van der Waals surface area (Å²) < 4.78 is 0.875. The molecule has 0 atom stereocenters. The molecule has 0 amide bonds. The summed E-state index contributed by atoms with van der Waals surface area (Å²) in [7, 11) is 0. The van der Waals surface area contributed by atoms with Gasteiger partial charge in [-0.25, -0.2) is 0 Å². The molecule has 0 aliphatic carbocycles. The van der Waals surface area contributed by atoms with Crippen LogP contribution in [-0.4, -0.2) is 59.6 Å². The van der Waals surface area contributed by atoms with E-state index in [4.69, 9.17) is 10.2 Å². The molecule has 0 rings (SSSR count). The van der Waals surface area contributed by atoms with Crippen LogP contribution in [-0.2, 0) is 0 Å². The quantitative estimate of drug-likeness (QED) is 0.567. The molecule has 0 heterocycles. The summed E-state index contributed by atoms with van der Waals surface area (Å²) in [5, 5.41) is 18.0. The molecule has 0 unspecified atom stereocenters. The van der Waals surface area contributed by atoms with Crippen molar-refractivity contribution < 1.29 is 20.2 Å². The van der Waals surface area contributed by atoms with E-state index in [1.165, 1.54) is 0 Å². The Morgan fingerprint density at radius 3 is 1.36 bits per heavy atom. The molecular formula is C10H25NO3. The first kappa shape index (κ1) is 16.3. The van der Waals surface area contributed by atoms with Gasteiger partial charge in [0.15, 0.2) is 0 Å². The van der Waals surface area contributed by atoms with E-state index in [1.54, 1.807) is 0 Å². The van der Waals surface area contributed by atoms with Gasteiger partial charge < -0.3 is 20.2 Å². The van der Waals surface area contributed by atoms with Crippen molar-refractivity contribution in [1.82, 2.24) is 0 Å². The Morgan fingerprint density at radius 1 is 0.786 bits per heavy atom. The maximum atomic E-state index is 8.98. The van der Waals surface area contributed by atoms with Gasteiger partial charge in [0.25, 0.3) is 0 Å². The maximum absolute atomic E-state index is 8.98. The predicted octanol–water partition coefficient (Wildman–Crippen LogP) is 0.431. The third-order valence-electron chi connectivity index (χ3n) is 2.54. The van der Waals surface area contributed by atoms with Crippen molar-refractivity contribution in [2.75, 3.05) is 39.4 Å². The van der Waals surface area contributed by atoms with Crippen LogP contribution in [0.5, 0.6) is 0 Å². The fraction of sp³-hybridized carbons (Fsp3) is 1.00. The zero-order valence-corrected chi connectivity index (χ0v) is 9.45. The van der Waals surface area contributed by atoms with E-state index in [0.29, 0.717) is 0 Å². The number of aliphatic hydroxyl groups excluding tert-OH is 2. The Kier molecular flexibility index (Phi) is 10.9. The Bertz CT molecular complexity index is 90.4. The summed E-state index contributed by atoms with van der Waals surface area (Å²) >= 11 is 0. The van der Waals surface area contributed by atoms with Crippen molar-refractivity contribution in [2.24, 2.45) is 0 Å². The van der Waals surface area contributed by atoms with Crippen LogP contribution >= 0.6 is 0 Å². The summed E-state index contributed by atoms with van der Waals surface area (Å²) in [6, 6.07) is 0. The maximum Gasteiger partial charge on any atom is 0.102 e. The summed E-state index contributed by atoms with van der Waals surface area (Å²) in [5.41, 5.74) is 0. The lowest BCUT2D eigenvalue weighted by Crippen LogP contribution is -2.52. The van der Waals surface area contributed by atoms with Gasteiger partial charge in [-0.15, -0.1) is 0 Å². The van der Waals surface area contributed by atoms with E-state index in [1.807, 2.05) is 0 Å². The fourth-order valence-corrected chi connectivity index (χ4v) is 2.04. The third-order valence-corrected chi connectivity index (χ3v) is 2.54. The van der Waals surface area contributed by atoms with Crippen LogP contribution < -0.4 is 0 Å². The normalized spacial score (nSPS) is 11.1. The van der Waals surface area contributed by atoms with E-state index in [9.17, 15) is 0 Å². The van der Waals surface area contributed by atoms with E-state index in [2.05, 4.69) is 13.8 Å². The van der Waals surface area contributed by atoms with Gasteiger partial charge in [0.2, 0.25) is 0 Å². The van der Waals surface area contributed by atoms with Crippen LogP contribution in [0.2, 0.25) is 0 Å². The van der Waals surface area contributed by atoms with Gasteiger partial charge >= 0.3 is 0 Å². The SMILES string of the molecule is CCC[N+](CCC)(CCO)CCO.[OH-]. The van der Waals surface area contributed by atoms with Crippen LogP contribution in [0, 0.1) is 0 Å². The highest BCUT2D eigenvalue weighted by Crippen LogP contribution is 2.08. The molecule has 0 aromatic carbocycles. The molecule has 0 radical (unpaired) electrons. The van der Waals surface area contributed by atoms with Gasteiger partial charge in [0.05, 0.1) is 26.3 Å². The summed E-state index contributed by atoms with van der Waals surface area (Å²) in [4.78, 5) is 0. The molecule has 88 valence electrons. The molecule has 0 spiro atoms. The molecule has 14 heavy (non-hydrogen) atoms. The molecular weight excluding hydrogens is 182 g/mol. The molecule has 0 aliphatic heterocycles. The second-order valence-corrected chi connectivity index (χ2v) is 3.68. The topological polar surface area (TPSA) is 70.5 Å². The van der Waals surface area contributed by atoms with Crippen molar-refractivity contribution in [1.29, 1.82) is 0 Å². The van der Waals surface area contributed by atoms with E-state index in [-0.39, 0.29) is 18.7 Å². The largest absolute Gasteiger partial charge is 0.870 e. The molecule has 0 aromatic rings. The van der Waals surface area contributed by atoms with Crippen LogP contribution in [0.4, 0.5) is 0 Å². The zero-order valence-electron chi connectivity index (χ0n) is 9.45. The number of nitrogens with zero attached hydrogens (tertiary/aromatic N) is 1. The van der Waals surface area contributed by atoms with Crippen LogP contribution in [0.15, 0.2) is 0 Å². The minimum atomic E-state index is 0. The van der Waals surface area contributed by atoms with Crippen molar-refractivity contribution in [2.45, 2.75) is 26.7 Å². The highest BCUT2D eigenvalue weighted by atomic mass is 16.3. The van der Waals surface area contributed by atoms with Gasteiger partial charge in [0, 0.05) is 0 Å². The van der Waals surface area contributed by atoms with E-state index >= 15 is 0 Å². The van der Waals surface area contributed by atoms with Gasteiger partial charge in [0.1, 0.15) is 13.1 Å². The van der Waals surface area contributed by atoms with Crippen molar-refractivity contribution in [3.05, 3.63) is 0 Å². The van der Waals surface area contributed by atoms with Crippen molar-refractivity contribution in [3.63, 3.8) is 0 Å². The molecule has 0 fully saturated rings. The lowest BCUT2D eigenvalue weighted by atomic mass is 10.2. The number of hydrogen-bond donors (Lipinski definition) is 2. The third kappa shape index (κ3) is 5.54. The number of quaternary nitrogens is 1. The molecule has 4 heteroatoms. The van der Waals surface area contributed by atoms with Gasteiger partial charge in [-0.1, -0.05) is 13.8 Å². The van der Waals surface area contributed by atoms with Gasteiger partial charge in [-0.05, 0) is 12.8 Å². The lowest BCUT2D eigenvalue weighted by molar-refractivity contribution is -0.928. The van der Waals surface area contributed by atoms with Crippen LogP contribution in [0.3, 0.4) is 0 Å². The first-order valence-corrected chi connectivity index (χ1v) is 5.31. The zero-order chi connectivity index (χ0) is 10.2. The molecule has 4 nitrogen and oxygen atoms in total. The minimum absolute atomic E-state index is 0. The Balaban J connectivity index is 0. The molecule has 3 N–H and O–H groups in total. The standard InChI is InChI=1S/C10H24NO2.H2O/c1-3-5-11(6-4-2,7-9-12)8-10-13;/h12-13H,3-10H2,1-2H3;1H2/q+1;/p-1. The predicted molar refractivity (Wildman–Crippen MR) is 56.4 cm³/mol. The second-order valence-electron chi connectivity index (χ2n) is 3.68. The highest BCUT2D eigenvalue weighted by Gasteiger charge is 2.23. The Morgan fingerprint density at radius 2 is 1.14 bits per heavy atom. The van der Waals surface area contributed by atoms with Crippen LogP contribution in [0.1, 0.15) is 26.7 Å². The molecule has 0 saturated heterocycles. The highest BCUT2D eigenvalue weighted by molar-refractivity contribution is 4.43. The van der Waals surface area contributed by atoms with Gasteiger partial charge in [-0.2, -0.15) is 0 Å². The summed E-state index contributed by atoms with van der Waals surface area (Å²) in [6.07, 6.45) is 2.22. The molecule has 0 aromatic heterocycles. The average Bonchev–Trinajstić information content (AvgIpc) is 2.06. The summed E-state index contributed by atoms with van der Waals surface area (Å²) in [6.45, 7) is 8.43. The number of hydrogen-bond acceptors (Lipinski definition) is 3. The smallest absolute Gasteiger partial charge is 0.102 e. The van der Waals surface area contributed by atoms with E-state index < -0.39 is 0 Å². The van der Waals surface area contributed by atoms with E-state index in [0.717, 1.165) is 43.5 Å². The van der Waals surface area contributed by atoms with Crippen LogP contribution in [0.25, 0.3) is 0 Å². The Hall–Kier alpha value is -0.160. The first-order chi connectivity index (χ1) is 6.24. The monoisotopic (exact) mass is 207 g/mol. The molecule has 0 saturated carbocycles. The molecule has 0 aliphatic rings. The van der Waals surface area contributed by atoms with Crippen molar-refractivity contribution >= 4 is 0 Å². The lowest BCUT2D eigenvalue weighted by Gasteiger charge is -2.37. The second kappa shape index (κ2) is 9.40. The minimum Gasteiger partial charge on any atom is -0.870 e. The fourth-order valence-electron chi connectivity index (χ4n) is 2.04.